The Morgan fingerprint density at radius 1 is 1.35 bits per heavy atom. The maximum atomic E-state index is 9.88. The number of hydrogen-bond donors (Lipinski definition) is 2. The minimum absolute atomic E-state index is 0.434. The minimum Gasteiger partial charge on any atom is -0.507 e. The van der Waals surface area contributed by atoms with Crippen molar-refractivity contribution < 1.29 is 5.11 Å². The first-order chi connectivity index (χ1) is 8.27. The number of nitrogens with one attached hydrogen (secondary N) is 1. The first-order valence-electron chi connectivity index (χ1n) is 6.40. The molecule has 0 aromatic heterocycles. The second-order valence-corrected chi connectivity index (χ2v) is 4.86. The molecular formula is C15H21NO. The van der Waals surface area contributed by atoms with E-state index in [0.29, 0.717) is 5.75 Å². The molecule has 1 aliphatic rings. The molecule has 2 heteroatoms. The van der Waals surface area contributed by atoms with Crippen molar-refractivity contribution in [2.45, 2.75) is 32.7 Å². The van der Waals surface area contributed by atoms with Crippen molar-refractivity contribution in [3.8, 4) is 5.75 Å². The maximum absolute atomic E-state index is 9.88. The minimum atomic E-state index is 0.434. The molecule has 1 atom stereocenters. The Hall–Kier alpha value is -1.28. The Bertz CT molecular complexity index is 398. The molecule has 0 amide bonds. The maximum Gasteiger partial charge on any atom is 0.122 e. The molecule has 1 unspecified atom stereocenters. The van der Waals surface area contributed by atoms with E-state index in [1.54, 1.807) is 0 Å². The zero-order chi connectivity index (χ0) is 12.1. The van der Waals surface area contributed by atoms with Crippen molar-refractivity contribution in [3.63, 3.8) is 0 Å². The average Bonchev–Trinajstić information content (AvgIpc) is 2.36. The number of benzene rings is 1. The van der Waals surface area contributed by atoms with E-state index in [2.05, 4.69) is 17.5 Å². The topological polar surface area (TPSA) is 32.3 Å². The Morgan fingerprint density at radius 2 is 2.24 bits per heavy atom. The first kappa shape index (κ1) is 12.2. The predicted molar refractivity (Wildman–Crippen MR) is 71.0 cm³/mol. The van der Waals surface area contributed by atoms with E-state index in [1.165, 1.54) is 19.3 Å². The van der Waals surface area contributed by atoms with Gasteiger partial charge >= 0.3 is 0 Å². The number of para-hydroxylation sites is 1. The highest BCUT2D eigenvalue weighted by molar-refractivity contribution is 5.39. The highest BCUT2D eigenvalue weighted by atomic mass is 16.3. The van der Waals surface area contributed by atoms with Gasteiger partial charge in [0.1, 0.15) is 5.75 Å². The van der Waals surface area contributed by atoms with Gasteiger partial charge in [0.05, 0.1) is 0 Å². The van der Waals surface area contributed by atoms with Crippen molar-refractivity contribution in [1.82, 2.24) is 5.32 Å². The molecule has 1 aromatic rings. The molecule has 1 aliphatic carbocycles. The molecule has 0 saturated carbocycles. The molecule has 17 heavy (non-hydrogen) atoms. The van der Waals surface area contributed by atoms with Gasteiger partial charge in [-0.1, -0.05) is 30.4 Å². The summed E-state index contributed by atoms with van der Waals surface area (Å²) in [6.45, 7) is 3.73. The van der Waals surface area contributed by atoms with E-state index in [-0.39, 0.29) is 0 Å². The first-order valence-corrected chi connectivity index (χ1v) is 6.40. The van der Waals surface area contributed by atoms with Crippen LogP contribution in [0.1, 0.15) is 30.4 Å². The Balaban J connectivity index is 1.81. The second-order valence-electron chi connectivity index (χ2n) is 4.86. The molecule has 2 nitrogen and oxygen atoms in total. The van der Waals surface area contributed by atoms with Crippen LogP contribution in [0.25, 0.3) is 0 Å². The zero-order valence-corrected chi connectivity index (χ0v) is 10.4. The second kappa shape index (κ2) is 5.87. The van der Waals surface area contributed by atoms with Crippen LogP contribution in [0.2, 0.25) is 0 Å². The fourth-order valence-electron chi connectivity index (χ4n) is 2.32. The van der Waals surface area contributed by atoms with Gasteiger partial charge in [-0.3, -0.25) is 0 Å². The highest BCUT2D eigenvalue weighted by Crippen LogP contribution is 2.21. The summed E-state index contributed by atoms with van der Waals surface area (Å²) in [6.07, 6.45) is 8.22. The summed E-state index contributed by atoms with van der Waals surface area (Å²) in [4.78, 5) is 0. The standard InChI is InChI=1S/C15H21NO/c1-12-6-5-9-14(15(12)17)11-16-10-13-7-3-2-4-8-13/h2-3,5-6,9,13,16-17H,4,7-8,10-11H2,1H3. The van der Waals surface area contributed by atoms with Crippen molar-refractivity contribution in [2.75, 3.05) is 6.54 Å². The third-order valence-electron chi connectivity index (χ3n) is 3.45. The fraction of sp³-hybridized carbons (Fsp3) is 0.467. The van der Waals surface area contributed by atoms with Crippen LogP contribution in [0.4, 0.5) is 0 Å². The molecule has 92 valence electrons. The van der Waals surface area contributed by atoms with Crippen molar-refractivity contribution in [1.29, 1.82) is 0 Å². The number of aryl methyl sites for hydroxylation is 1. The predicted octanol–water partition coefficient (Wildman–Crippen LogP) is 3.15. The Labute approximate surface area is 103 Å². The van der Waals surface area contributed by atoms with Crippen LogP contribution < -0.4 is 5.32 Å². The van der Waals surface area contributed by atoms with E-state index >= 15 is 0 Å². The van der Waals surface area contributed by atoms with Crippen molar-refractivity contribution in [3.05, 3.63) is 41.5 Å². The van der Waals surface area contributed by atoms with Crippen LogP contribution in [0, 0.1) is 12.8 Å². The van der Waals surface area contributed by atoms with Crippen LogP contribution in [0.3, 0.4) is 0 Å². The van der Waals surface area contributed by atoms with E-state index in [9.17, 15) is 5.11 Å². The van der Waals surface area contributed by atoms with Gasteiger partial charge in [-0.25, -0.2) is 0 Å². The lowest BCUT2D eigenvalue weighted by Crippen LogP contribution is -2.23. The van der Waals surface area contributed by atoms with E-state index in [4.69, 9.17) is 0 Å². The third kappa shape index (κ3) is 3.34. The number of hydrogen-bond acceptors (Lipinski definition) is 2. The van der Waals surface area contributed by atoms with Gasteiger partial charge in [0, 0.05) is 12.1 Å². The molecule has 2 rings (SSSR count). The lowest BCUT2D eigenvalue weighted by molar-refractivity contribution is 0.430. The molecule has 0 bridgehead atoms. The number of allylic oxidation sites excluding steroid dienone is 2. The lowest BCUT2D eigenvalue weighted by Gasteiger charge is -2.18. The van der Waals surface area contributed by atoms with Crippen molar-refractivity contribution >= 4 is 0 Å². The molecule has 0 fully saturated rings. The molecule has 0 aliphatic heterocycles. The van der Waals surface area contributed by atoms with Gasteiger partial charge in [0.2, 0.25) is 0 Å². The molecule has 0 heterocycles. The molecular weight excluding hydrogens is 210 g/mol. The van der Waals surface area contributed by atoms with Crippen LogP contribution in [0.5, 0.6) is 5.75 Å². The van der Waals surface area contributed by atoms with E-state index < -0.39 is 0 Å². The summed E-state index contributed by atoms with van der Waals surface area (Å²) in [6, 6.07) is 5.91. The summed E-state index contributed by atoms with van der Waals surface area (Å²) >= 11 is 0. The monoisotopic (exact) mass is 231 g/mol. The molecule has 0 radical (unpaired) electrons. The quantitative estimate of drug-likeness (QED) is 0.780. The molecule has 1 aromatic carbocycles. The smallest absolute Gasteiger partial charge is 0.122 e. The molecule has 0 saturated heterocycles. The average molecular weight is 231 g/mol. The van der Waals surface area contributed by atoms with Gasteiger partial charge in [-0.05, 0) is 44.2 Å². The van der Waals surface area contributed by atoms with Gasteiger partial charge in [-0.2, -0.15) is 0 Å². The van der Waals surface area contributed by atoms with Gasteiger partial charge in [-0.15, -0.1) is 0 Å². The molecule has 0 spiro atoms. The normalized spacial score (nSPS) is 19.5. The highest BCUT2D eigenvalue weighted by Gasteiger charge is 2.09. The SMILES string of the molecule is Cc1cccc(CNCC2CC=CCC2)c1O. The van der Waals surface area contributed by atoms with E-state index in [0.717, 1.165) is 30.1 Å². The summed E-state index contributed by atoms with van der Waals surface area (Å²) < 4.78 is 0. The molecule has 2 N–H and O–H groups in total. The Kier molecular flexibility index (Phi) is 4.21. The summed E-state index contributed by atoms with van der Waals surface area (Å²) in [5.41, 5.74) is 1.95. The summed E-state index contributed by atoms with van der Waals surface area (Å²) in [7, 11) is 0. The number of aromatic hydroxyl groups is 1. The number of phenolic OH excluding ortho intramolecular Hbond substituents is 1. The zero-order valence-electron chi connectivity index (χ0n) is 10.4. The van der Waals surface area contributed by atoms with Crippen LogP contribution in [-0.2, 0) is 6.54 Å². The van der Waals surface area contributed by atoms with Crippen LogP contribution in [0.15, 0.2) is 30.4 Å². The Morgan fingerprint density at radius 3 is 3.00 bits per heavy atom. The number of rotatable bonds is 4. The van der Waals surface area contributed by atoms with Gasteiger partial charge < -0.3 is 10.4 Å². The van der Waals surface area contributed by atoms with Gasteiger partial charge in [0.15, 0.2) is 0 Å². The van der Waals surface area contributed by atoms with Crippen LogP contribution in [-0.4, -0.2) is 11.7 Å². The van der Waals surface area contributed by atoms with Crippen LogP contribution >= 0.6 is 0 Å². The number of phenols is 1. The van der Waals surface area contributed by atoms with E-state index in [1.807, 2.05) is 25.1 Å². The third-order valence-corrected chi connectivity index (χ3v) is 3.45. The summed E-state index contributed by atoms with van der Waals surface area (Å²) in [5, 5.41) is 13.3. The lowest BCUT2D eigenvalue weighted by atomic mass is 9.94. The fourth-order valence-corrected chi connectivity index (χ4v) is 2.32. The summed E-state index contributed by atoms with van der Waals surface area (Å²) in [5.74, 6) is 1.19. The van der Waals surface area contributed by atoms with Gasteiger partial charge in [0.25, 0.3) is 0 Å². The largest absolute Gasteiger partial charge is 0.507 e. The van der Waals surface area contributed by atoms with Crippen molar-refractivity contribution in [2.24, 2.45) is 5.92 Å².